The number of nitrogens with zero attached hydrogens (tertiary/aromatic N) is 4. The maximum Gasteiger partial charge on any atom is 0.251 e. The first-order valence-corrected chi connectivity index (χ1v) is 8.87. The van der Waals surface area contributed by atoms with E-state index in [0.29, 0.717) is 12.1 Å². The Morgan fingerprint density at radius 2 is 2.04 bits per heavy atom. The number of amides is 1. The van der Waals surface area contributed by atoms with Crippen LogP contribution in [0.1, 0.15) is 23.2 Å². The van der Waals surface area contributed by atoms with E-state index in [1.807, 2.05) is 65.5 Å². The fourth-order valence-corrected chi connectivity index (χ4v) is 3.42. The molecule has 132 valence electrons. The normalized spacial score (nSPS) is 16.6. The number of hydrogen-bond donors (Lipinski definition) is 1. The van der Waals surface area contributed by atoms with Crippen molar-refractivity contribution >= 4 is 11.7 Å². The molecule has 1 aliphatic rings. The average molecular weight is 347 g/mol. The molecule has 0 saturated carbocycles. The minimum Gasteiger partial charge on any atom is -0.350 e. The molecule has 3 heterocycles. The molecular formula is C20H21N5O. The Morgan fingerprint density at radius 3 is 2.85 bits per heavy atom. The van der Waals surface area contributed by atoms with Crippen LogP contribution in [0.25, 0.3) is 5.69 Å². The van der Waals surface area contributed by atoms with E-state index < -0.39 is 0 Å². The van der Waals surface area contributed by atoms with Gasteiger partial charge in [-0.25, -0.2) is 0 Å². The molecule has 1 N–H and O–H groups in total. The van der Waals surface area contributed by atoms with Crippen molar-refractivity contribution in [2.45, 2.75) is 18.9 Å². The number of rotatable bonds is 5. The van der Waals surface area contributed by atoms with Gasteiger partial charge in [0.05, 0.1) is 0 Å². The van der Waals surface area contributed by atoms with E-state index in [1.54, 1.807) is 6.20 Å². The summed E-state index contributed by atoms with van der Waals surface area (Å²) in [5.74, 6) is 0.823. The van der Waals surface area contributed by atoms with Crippen LogP contribution >= 0.6 is 0 Å². The number of carbonyl (C=O) groups excluding carboxylic acids is 1. The number of benzene rings is 1. The Bertz CT molecular complexity index is 863. The summed E-state index contributed by atoms with van der Waals surface area (Å²) < 4.78 is 1.99. The van der Waals surface area contributed by atoms with Gasteiger partial charge < -0.3 is 14.8 Å². The summed E-state index contributed by atoms with van der Waals surface area (Å²) >= 11 is 0. The van der Waals surface area contributed by atoms with Gasteiger partial charge in [-0.15, -0.1) is 5.10 Å². The summed E-state index contributed by atoms with van der Waals surface area (Å²) in [7, 11) is 0. The molecule has 3 aromatic rings. The van der Waals surface area contributed by atoms with Crippen LogP contribution in [0.5, 0.6) is 0 Å². The van der Waals surface area contributed by atoms with Crippen LogP contribution in [0.15, 0.2) is 67.1 Å². The van der Waals surface area contributed by atoms with Crippen molar-refractivity contribution in [3.63, 3.8) is 0 Å². The molecule has 4 rings (SSSR count). The van der Waals surface area contributed by atoms with Crippen molar-refractivity contribution in [1.82, 2.24) is 20.1 Å². The largest absolute Gasteiger partial charge is 0.350 e. The molecule has 1 fully saturated rings. The number of anilines is 1. The van der Waals surface area contributed by atoms with Crippen LogP contribution in [-0.2, 0) is 0 Å². The number of hydrogen-bond acceptors (Lipinski definition) is 4. The zero-order valence-electron chi connectivity index (χ0n) is 14.5. The van der Waals surface area contributed by atoms with E-state index >= 15 is 0 Å². The second kappa shape index (κ2) is 7.39. The molecule has 0 bridgehead atoms. The average Bonchev–Trinajstić information content (AvgIpc) is 3.39. The lowest BCUT2D eigenvalue weighted by atomic mass is 10.1. The Balaban J connectivity index is 1.42. The first-order valence-electron chi connectivity index (χ1n) is 8.87. The van der Waals surface area contributed by atoms with E-state index in [2.05, 4.69) is 20.4 Å². The van der Waals surface area contributed by atoms with Gasteiger partial charge in [-0.05, 0) is 55.3 Å². The van der Waals surface area contributed by atoms with E-state index in [0.717, 1.165) is 30.9 Å². The summed E-state index contributed by atoms with van der Waals surface area (Å²) in [4.78, 5) is 14.8. The molecule has 6 heteroatoms. The quantitative estimate of drug-likeness (QED) is 0.771. The molecule has 0 radical (unpaired) electrons. The van der Waals surface area contributed by atoms with Gasteiger partial charge in [0.1, 0.15) is 0 Å². The first kappa shape index (κ1) is 16.3. The first-order chi connectivity index (χ1) is 12.8. The monoisotopic (exact) mass is 347 g/mol. The van der Waals surface area contributed by atoms with Gasteiger partial charge in [-0.2, -0.15) is 5.10 Å². The fourth-order valence-electron chi connectivity index (χ4n) is 3.42. The molecule has 0 unspecified atom stereocenters. The molecule has 1 aromatic carbocycles. The molecule has 6 nitrogen and oxygen atoms in total. The minimum absolute atomic E-state index is 0.0509. The van der Waals surface area contributed by atoms with Crippen molar-refractivity contribution in [2.75, 3.05) is 18.0 Å². The molecule has 1 saturated heterocycles. The highest BCUT2D eigenvalue weighted by Crippen LogP contribution is 2.22. The van der Waals surface area contributed by atoms with Crippen LogP contribution in [0, 0.1) is 0 Å². The fraction of sp³-hybridized carbons (Fsp3) is 0.250. The van der Waals surface area contributed by atoms with E-state index in [4.69, 9.17) is 0 Å². The van der Waals surface area contributed by atoms with E-state index in [-0.39, 0.29) is 11.9 Å². The van der Waals surface area contributed by atoms with Crippen molar-refractivity contribution < 1.29 is 4.79 Å². The van der Waals surface area contributed by atoms with Crippen molar-refractivity contribution in [1.29, 1.82) is 0 Å². The van der Waals surface area contributed by atoms with Crippen LogP contribution in [0.4, 0.5) is 5.82 Å². The molecule has 1 aliphatic heterocycles. The van der Waals surface area contributed by atoms with Crippen molar-refractivity contribution in [3.8, 4) is 5.69 Å². The summed E-state index contributed by atoms with van der Waals surface area (Å²) in [6, 6.07) is 15.7. The molecular weight excluding hydrogens is 326 g/mol. The summed E-state index contributed by atoms with van der Waals surface area (Å²) in [6.07, 6.45) is 7.75. The third kappa shape index (κ3) is 3.44. The molecule has 2 aromatic heterocycles. The Hall–Kier alpha value is -3.15. The van der Waals surface area contributed by atoms with Crippen LogP contribution < -0.4 is 10.2 Å². The second-order valence-electron chi connectivity index (χ2n) is 6.42. The third-order valence-corrected chi connectivity index (χ3v) is 4.74. The van der Waals surface area contributed by atoms with Gasteiger partial charge >= 0.3 is 0 Å². The number of nitrogens with one attached hydrogen (secondary N) is 1. The molecule has 1 amide bonds. The highest BCUT2D eigenvalue weighted by molar-refractivity contribution is 5.94. The van der Waals surface area contributed by atoms with Gasteiger partial charge in [-0.3, -0.25) is 4.79 Å². The smallest absolute Gasteiger partial charge is 0.251 e. The lowest BCUT2D eigenvalue weighted by Crippen LogP contribution is -2.40. The van der Waals surface area contributed by atoms with Gasteiger partial charge in [0.15, 0.2) is 5.82 Å². The second-order valence-corrected chi connectivity index (χ2v) is 6.42. The van der Waals surface area contributed by atoms with Gasteiger partial charge in [0, 0.05) is 49.0 Å². The minimum atomic E-state index is -0.0509. The van der Waals surface area contributed by atoms with Crippen LogP contribution in [0.2, 0.25) is 0 Å². The highest BCUT2D eigenvalue weighted by atomic mass is 16.1. The zero-order valence-corrected chi connectivity index (χ0v) is 14.5. The standard InChI is InChI=1S/C20H21N5O/c26-20(16-6-3-7-17(14-16)24-11-1-2-12-24)21-15-18-8-5-13-25(18)19-9-4-10-22-23-19/h1-4,6-7,9-12,14,18H,5,8,13,15H2,(H,21,26)/t18-/m0/s1. The molecule has 0 spiro atoms. The summed E-state index contributed by atoms with van der Waals surface area (Å²) in [6.45, 7) is 1.55. The van der Waals surface area contributed by atoms with Crippen molar-refractivity contribution in [2.24, 2.45) is 0 Å². The lowest BCUT2D eigenvalue weighted by Gasteiger charge is -2.25. The Kier molecular flexibility index (Phi) is 4.64. The maximum absolute atomic E-state index is 12.6. The SMILES string of the molecule is O=C(NC[C@@H]1CCCN1c1cccnn1)c1cccc(-n2cccc2)c1. The predicted molar refractivity (Wildman–Crippen MR) is 101 cm³/mol. The zero-order chi connectivity index (χ0) is 17.8. The van der Waals surface area contributed by atoms with Gasteiger partial charge in [-0.1, -0.05) is 6.07 Å². The third-order valence-electron chi connectivity index (χ3n) is 4.74. The molecule has 26 heavy (non-hydrogen) atoms. The lowest BCUT2D eigenvalue weighted by molar-refractivity contribution is 0.0951. The summed E-state index contributed by atoms with van der Waals surface area (Å²) in [5.41, 5.74) is 1.64. The van der Waals surface area contributed by atoms with Gasteiger partial charge in [0.2, 0.25) is 0 Å². The maximum atomic E-state index is 12.6. The molecule has 1 atom stereocenters. The van der Waals surface area contributed by atoms with Crippen LogP contribution in [0.3, 0.4) is 0 Å². The van der Waals surface area contributed by atoms with Crippen LogP contribution in [-0.4, -0.2) is 39.8 Å². The molecule has 0 aliphatic carbocycles. The topological polar surface area (TPSA) is 63.1 Å². The van der Waals surface area contributed by atoms with Crippen molar-refractivity contribution in [3.05, 3.63) is 72.7 Å². The number of aromatic nitrogens is 3. The Labute approximate surface area is 152 Å². The summed E-state index contributed by atoms with van der Waals surface area (Å²) in [5, 5.41) is 11.2. The number of carbonyl (C=O) groups is 1. The van der Waals surface area contributed by atoms with E-state index in [9.17, 15) is 4.79 Å². The highest BCUT2D eigenvalue weighted by Gasteiger charge is 2.26. The van der Waals surface area contributed by atoms with Gasteiger partial charge in [0.25, 0.3) is 5.91 Å². The predicted octanol–water partition coefficient (Wildman–Crippen LogP) is 2.67. The van der Waals surface area contributed by atoms with E-state index in [1.165, 1.54) is 0 Å². The Morgan fingerprint density at radius 1 is 1.15 bits per heavy atom.